The van der Waals surface area contributed by atoms with Gasteiger partial charge < -0.3 is 10.2 Å². The van der Waals surface area contributed by atoms with Gasteiger partial charge in [-0.05, 0) is 41.8 Å². The minimum atomic E-state index is -1.65. The molecule has 1 fully saturated rings. The smallest absolute Gasteiger partial charge is 0.269 e. The highest BCUT2D eigenvalue weighted by molar-refractivity contribution is 6.19. The predicted molar refractivity (Wildman–Crippen MR) is 151 cm³/mol. The molecule has 4 atom stereocenters. The lowest BCUT2D eigenvalue weighted by atomic mass is 9.55. The molecule has 8 nitrogen and oxygen atoms in total. The van der Waals surface area contributed by atoms with Crippen molar-refractivity contribution >= 4 is 34.5 Å². The van der Waals surface area contributed by atoms with Crippen molar-refractivity contribution in [1.29, 1.82) is 0 Å². The van der Waals surface area contributed by atoms with E-state index in [2.05, 4.69) is 10.2 Å². The molecule has 8 rings (SSSR count). The van der Waals surface area contributed by atoms with E-state index in [1.54, 1.807) is 24.3 Å². The number of ketones is 2. The Morgan fingerprint density at radius 3 is 1.90 bits per heavy atom. The summed E-state index contributed by atoms with van der Waals surface area (Å²) in [6.07, 6.45) is 0. The first-order chi connectivity index (χ1) is 19.8. The van der Waals surface area contributed by atoms with E-state index in [4.69, 9.17) is 0 Å². The van der Waals surface area contributed by atoms with Crippen LogP contribution in [0.1, 0.15) is 55.1 Å². The first-order valence-corrected chi connectivity index (χ1v) is 13.6. The zero-order valence-electron chi connectivity index (χ0n) is 21.9. The number of Topliss-reactive ketones (excluding diaryl/α,β-unsaturated/α-hetero) is 2. The van der Waals surface area contributed by atoms with Crippen molar-refractivity contribution in [3.63, 3.8) is 0 Å². The quantitative estimate of drug-likeness (QED) is 0.257. The molecule has 1 N–H and O–H groups in total. The summed E-state index contributed by atoms with van der Waals surface area (Å²) in [4.78, 5) is 57.0. The van der Waals surface area contributed by atoms with Crippen LogP contribution in [0, 0.1) is 28.9 Å². The highest BCUT2D eigenvalue weighted by Gasteiger charge is 2.73. The number of non-ortho nitro benzene ring substituents is 1. The van der Waals surface area contributed by atoms with E-state index in [1.165, 1.54) is 18.2 Å². The zero-order chi connectivity index (χ0) is 28.2. The molecule has 1 spiro atoms. The predicted octanol–water partition coefficient (Wildman–Crippen LogP) is 5.72. The van der Waals surface area contributed by atoms with Gasteiger partial charge in [0.2, 0.25) is 5.91 Å². The molecule has 1 saturated heterocycles. The Labute approximate surface area is 234 Å². The maximum absolute atomic E-state index is 14.5. The number of nitrogens with one attached hydrogen (secondary N) is 1. The summed E-state index contributed by atoms with van der Waals surface area (Å²) in [7, 11) is 0. The second-order valence-corrected chi connectivity index (χ2v) is 11.3. The van der Waals surface area contributed by atoms with Crippen LogP contribution in [0.5, 0.6) is 0 Å². The second-order valence-electron chi connectivity index (χ2n) is 11.3. The topological polar surface area (TPSA) is 110 Å². The van der Waals surface area contributed by atoms with E-state index in [0.29, 0.717) is 22.4 Å². The molecular formula is C33H23N3O5. The van der Waals surface area contributed by atoms with Crippen LogP contribution in [0.25, 0.3) is 0 Å². The molecule has 2 heterocycles. The first kappa shape index (κ1) is 23.7. The van der Waals surface area contributed by atoms with Crippen molar-refractivity contribution in [3.05, 3.63) is 134 Å². The Bertz CT molecular complexity index is 1790. The van der Waals surface area contributed by atoms with Crippen LogP contribution in [0.3, 0.4) is 0 Å². The summed E-state index contributed by atoms with van der Waals surface area (Å²) in [6.45, 7) is 2.00. The Morgan fingerprint density at radius 1 is 0.780 bits per heavy atom. The molecule has 2 aliphatic carbocycles. The third kappa shape index (κ3) is 2.81. The van der Waals surface area contributed by atoms with Gasteiger partial charge in [-0.2, -0.15) is 0 Å². The number of hydrogen-bond acceptors (Lipinski definition) is 6. The molecule has 4 aliphatic rings. The lowest BCUT2D eigenvalue weighted by Crippen LogP contribution is -2.62. The number of aryl methyl sites for hydroxylation is 1. The van der Waals surface area contributed by atoms with Crippen LogP contribution in [0.15, 0.2) is 91.0 Å². The summed E-state index contributed by atoms with van der Waals surface area (Å²) in [6, 6.07) is 25.7. The number of nitro groups is 1. The van der Waals surface area contributed by atoms with Crippen molar-refractivity contribution in [2.75, 3.05) is 10.2 Å². The summed E-state index contributed by atoms with van der Waals surface area (Å²) in [5.41, 5.74) is 3.37. The molecule has 41 heavy (non-hydrogen) atoms. The number of benzene rings is 4. The van der Waals surface area contributed by atoms with Crippen LogP contribution in [-0.2, 0) is 10.2 Å². The van der Waals surface area contributed by atoms with E-state index >= 15 is 0 Å². The monoisotopic (exact) mass is 541 g/mol. The molecule has 0 bridgehead atoms. The van der Waals surface area contributed by atoms with Gasteiger partial charge in [0.05, 0.1) is 28.8 Å². The fourth-order valence-electron chi connectivity index (χ4n) is 7.94. The molecule has 4 unspecified atom stereocenters. The summed E-state index contributed by atoms with van der Waals surface area (Å²) in [5.74, 6) is -2.91. The molecule has 2 aliphatic heterocycles. The first-order valence-electron chi connectivity index (χ1n) is 13.6. The number of hydrogen-bond donors (Lipinski definition) is 1. The maximum Gasteiger partial charge on any atom is 0.269 e. The molecule has 200 valence electrons. The molecule has 4 aromatic rings. The van der Waals surface area contributed by atoms with Gasteiger partial charge in [-0.25, -0.2) is 0 Å². The van der Waals surface area contributed by atoms with Crippen LogP contribution in [0.4, 0.5) is 17.1 Å². The average molecular weight is 542 g/mol. The number of piperidine rings is 1. The fraction of sp³-hybridized carbons (Fsp3) is 0.182. The number of rotatable bonds is 2. The van der Waals surface area contributed by atoms with E-state index in [1.807, 2.05) is 55.5 Å². The van der Waals surface area contributed by atoms with Crippen molar-refractivity contribution < 1.29 is 19.3 Å². The Kier molecular flexibility index (Phi) is 4.62. The van der Waals surface area contributed by atoms with Gasteiger partial charge in [-0.3, -0.25) is 24.5 Å². The molecular weight excluding hydrogens is 518 g/mol. The van der Waals surface area contributed by atoms with E-state index in [-0.39, 0.29) is 17.3 Å². The van der Waals surface area contributed by atoms with Gasteiger partial charge in [-0.15, -0.1) is 0 Å². The maximum atomic E-state index is 14.5. The normalized spacial score (nSPS) is 26.8. The highest BCUT2D eigenvalue weighted by atomic mass is 16.6. The van der Waals surface area contributed by atoms with Crippen molar-refractivity contribution in [2.45, 2.75) is 24.4 Å². The number of nitrogens with zero attached hydrogens (tertiary/aromatic N) is 2. The number of anilines is 2. The summed E-state index contributed by atoms with van der Waals surface area (Å²) < 4.78 is 0. The summed E-state index contributed by atoms with van der Waals surface area (Å²) >= 11 is 0. The standard InChI is InChI=1S/C33H23N3O5/c1-17-10-12-18(13-11-17)35-28-20-6-2-4-8-22(20)30(37)26(28)33(27-29(35)21-7-3-5-9-23(21)31(27)38)24-16-19(36(40)41)14-15-25(24)34-32(33)39/h2-16,26-29H,1H3,(H,34,39). The number of carbonyl (C=O) groups excluding carboxylic acids is 3. The Morgan fingerprint density at radius 2 is 1.34 bits per heavy atom. The minimum Gasteiger partial charge on any atom is -0.356 e. The molecule has 0 saturated carbocycles. The summed E-state index contributed by atoms with van der Waals surface area (Å²) in [5, 5.41) is 14.8. The largest absolute Gasteiger partial charge is 0.356 e. The van der Waals surface area contributed by atoms with Crippen LogP contribution < -0.4 is 10.2 Å². The average Bonchev–Trinajstić information content (AvgIpc) is 3.56. The number of nitro benzene ring substituents is 1. The van der Waals surface area contributed by atoms with E-state index < -0.39 is 40.2 Å². The van der Waals surface area contributed by atoms with Crippen LogP contribution in [-0.4, -0.2) is 22.4 Å². The van der Waals surface area contributed by atoms with Gasteiger partial charge in [0.15, 0.2) is 11.6 Å². The lowest BCUT2D eigenvalue weighted by Gasteiger charge is -2.54. The molecule has 0 aromatic heterocycles. The Balaban J connectivity index is 1.50. The fourth-order valence-corrected chi connectivity index (χ4v) is 7.94. The van der Waals surface area contributed by atoms with Gasteiger partial charge >= 0.3 is 0 Å². The van der Waals surface area contributed by atoms with Crippen LogP contribution in [0.2, 0.25) is 0 Å². The number of carbonyl (C=O) groups is 3. The highest BCUT2D eigenvalue weighted by Crippen LogP contribution is 2.67. The number of fused-ring (bicyclic) bond motifs is 10. The zero-order valence-corrected chi connectivity index (χ0v) is 21.9. The lowest BCUT2D eigenvalue weighted by molar-refractivity contribution is -0.384. The minimum absolute atomic E-state index is 0.195. The molecule has 0 radical (unpaired) electrons. The van der Waals surface area contributed by atoms with E-state index in [9.17, 15) is 24.5 Å². The Hall–Kier alpha value is -5.11. The van der Waals surface area contributed by atoms with Crippen molar-refractivity contribution in [3.8, 4) is 0 Å². The van der Waals surface area contributed by atoms with E-state index in [0.717, 1.165) is 22.4 Å². The molecule has 4 aromatic carbocycles. The van der Waals surface area contributed by atoms with Crippen molar-refractivity contribution in [2.24, 2.45) is 11.8 Å². The second kappa shape index (κ2) is 7.97. The SMILES string of the molecule is Cc1ccc(N2C3c4ccccc4C(=O)C3C3(C(=O)Nc4ccc([N+](=O)[O-])cc43)C3C(=O)c4ccccc4C32)cc1. The van der Waals surface area contributed by atoms with Gasteiger partial charge in [0, 0.05) is 34.6 Å². The molecule has 8 heteroatoms. The van der Waals surface area contributed by atoms with Crippen LogP contribution >= 0.6 is 0 Å². The van der Waals surface area contributed by atoms with Crippen molar-refractivity contribution in [1.82, 2.24) is 0 Å². The third-order valence-corrected chi connectivity index (χ3v) is 9.48. The van der Waals surface area contributed by atoms with Gasteiger partial charge in [0.1, 0.15) is 5.41 Å². The third-order valence-electron chi connectivity index (χ3n) is 9.48. The number of amides is 1. The van der Waals surface area contributed by atoms with Gasteiger partial charge in [0.25, 0.3) is 5.69 Å². The van der Waals surface area contributed by atoms with Gasteiger partial charge in [-0.1, -0.05) is 66.2 Å². The molecule has 1 amide bonds.